The number of halogens is 1. The molecular weight excluding hydrogens is 466 g/mol. The molecule has 33 heavy (non-hydrogen) atoms. The summed E-state index contributed by atoms with van der Waals surface area (Å²) in [5.41, 5.74) is 2.53. The lowest BCUT2D eigenvalue weighted by molar-refractivity contribution is 0.384. The van der Waals surface area contributed by atoms with Gasteiger partial charge in [-0.3, -0.25) is 0 Å². The quantitative estimate of drug-likeness (QED) is 0.131. The summed E-state index contributed by atoms with van der Waals surface area (Å²) in [6.45, 7) is 4.46. The van der Waals surface area contributed by atoms with Crippen molar-refractivity contribution in [3.8, 4) is 0 Å². The Kier molecular flexibility index (Phi) is 16.2. The molecule has 0 N–H and O–H groups in total. The molecule has 1 nitrogen and oxygen atoms in total. The van der Waals surface area contributed by atoms with Crippen molar-refractivity contribution in [2.45, 2.75) is 110 Å². The number of rotatable bonds is 19. The molecule has 0 saturated heterocycles. The SMILES string of the molecule is CCCCCCCCCCCCCCCCCCN1CC=C(C=Cc2ccccc2)C=C1Br. The van der Waals surface area contributed by atoms with Gasteiger partial charge in [0, 0.05) is 13.1 Å². The first kappa shape index (κ1) is 28.0. The first-order valence-electron chi connectivity index (χ1n) is 13.8. The Bertz CT molecular complexity index is 688. The number of hydrogen-bond acceptors (Lipinski definition) is 1. The third kappa shape index (κ3) is 13.9. The van der Waals surface area contributed by atoms with E-state index in [1.54, 1.807) is 0 Å². The summed E-state index contributed by atoms with van der Waals surface area (Å²) in [5.74, 6) is 0. The van der Waals surface area contributed by atoms with Gasteiger partial charge in [-0.1, -0.05) is 152 Å². The average molecular weight is 515 g/mol. The van der Waals surface area contributed by atoms with Gasteiger partial charge in [-0.05, 0) is 39.6 Å². The molecule has 0 spiro atoms. The van der Waals surface area contributed by atoms with Crippen molar-refractivity contribution < 1.29 is 0 Å². The molecule has 1 aliphatic heterocycles. The van der Waals surface area contributed by atoms with E-state index < -0.39 is 0 Å². The second-order valence-electron chi connectivity index (χ2n) is 9.66. The first-order chi connectivity index (χ1) is 16.3. The minimum atomic E-state index is 1.00. The lowest BCUT2D eigenvalue weighted by Gasteiger charge is -2.26. The van der Waals surface area contributed by atoms with Crippen LogP contribution in [0.3, 0.4) is 0 Å². The normalized spacial score (nSPS) is 14.1. The standard InChI is InChI=1S/C31H48BrN/c1-2-3-4-5-6-7-8-9-10-11-12-13-14-15-16-20-26-33-27-25-30(28-31(33)32)24-23-29-21-18-17-19-22-29/h17-19,21-25,28H,2-16,20,26-27H2,1H3. The zero-order valence-corrected chi connectivity index (χ0v) is 22.8. The van der Waals surface area contributed by atoms with Gasteiger partial charge in [0.25, 0.3) is 0 Å². The van der Waals surface area contributed by atoms with E-state index >= 15 is 0 Å². The Morgan fingerprint density at radius 2 is 1.21 bits per heavy atom. The van der Waals surface area contributed by atoms with Crippen molar-refractivity contribution in [1.29, 1.82) is 0 Å². The van der Waals surface area contributed by atoms with Crippen LogP contribution in [0.25, 0.3) is 6.08 Å². The Morgan fingerprint density at radius 1 is 0.697 bits per heavy atom. The van der Waals surface area contributed by atoms with Crippen molar-refractivity contribution in [2.75, 3.05) is 13.1 Å². The number of nitrogens with zero attached hydrogens (tertiary/aromatic N) is 1. The molecule has 2 rings (SSSR count). The monoisotopic (exact) mass is 513 g/mol. The van der Waals surface area contributed by atoms with Gasteiger partial charge >= 0.3 is 0 Å². The highest BCUT2D eigenvalue weighted by Gasteiger charge is 2.10. The van der Waals surface area contributed by atoms with Crippen LogP contribution in [-0.4, -0.2) is 18.0 Å². The van der Waals surface area contributed by atoms with Crippen molar-refractivity contribution >= 4 is 22.0 Å². The molecule has 0 fully saturated rings. The van der Waals surface area contributed by atoms with Crippen molar-refractivity contribution in [2.24, 2.45) is 0 Å². The van der Waals surface area contributed by atoms with Gasteiger partial charge in [-0.25, -0.2) is 0 Å². The molecule has 2 heteroatoms. The number of benzene rings is 1. The molecule has 1 aromatic rings. The molecule has 0 saturated carbocycles. The predicted molar refractivity (Wildman–Crippen MR) is 152 cm³/mol. The first-order valence-corrected chi connectivity index (χ1v) is 14.6. The molecule has 0 aliphatic carbocycles. The average Bonchev–Trinajstić information content (AvgIpc) is 2.84. The molecule has 0 unspecified atom stereocenters. The minimum Gasteiger partial charge on any atom is -0.362 e. The second kappa shape index (κ2) is 19.1. The Balaban J connectivity index is 1.40. The number of hydrogen-bond donors (Lipinski definition) is 0. The summed E-state index contributed by atoms with van der Waals surface area (Å²) in [7, 11) is 0. The molecule has 1 aliphatic rings. The summed E-state index contributed by atoms with van der Waals surface area (Å²) in [6.07, 6.45) is 31.8. The van der Waals surface area contributed by atoms with Gasteiger partial charge in [0.1, 0.15) is 0 Å². The van der Waals surface area contributed by atoms with Crippen LogP contribution in [0.2, 0.25) is 0 Å². The third-order valence-corrected chi connectivity index (χ3v) is 7.42. The van der Waals surface area contributed by atoms with Crippen LogP contribution < -0.4 is 0 Å². The third-order valence-electron chi connectivity index (χ3n) is 6.68. The Hall–Kier alpha value is -1.28. The zero-order chi connectivity index (χ0) is 23.4. The van der Waals surface area contributed by atoms with Gasteiger partial charge in [-0.2, -0.15) is 0 Å². The summed E-state index contributed by atoms with van der Waals surface area (Å²) in [4.78, 5) is 2.45. The molecular formula is C31H48BrN. The van der Waals surface area contributed by atoms with Gasteiger partial charge in [0.2, 0.25) is 0 Å². The Labute approximate surface area is 213 Å². The molecule has 0 bridgehead atoms. The highest BCUT2D eigenvalue weighted by Crippen LogP contribution is 2.22. The van der Waals surface area contributed by atoms with Crippen LogP contribution in [-0.2, 0) is 0 Å². The van der Waals surface area contributed by atoms with Gasteiger partial charge in [-0.15, -0.1) is 0 Å². The maximum Gasteiger partial charge on any atom is 0.0814 e. The maximum absolute atomic E-state index is 3.78. The molecule has 0 aromatic heterocycles. The lowest BCUT2D eigenvalue weighted by atomic mass is 10.0. The maximum atomic E-state index is 3.78. The second-order valence-corrected chi connectivity index (χ2v) is 10.5. The molecule has 0 atom stereocenters. The van der Waals surface area contributed by atoms with E-state index in [0.717, 1.165) is 13.1 Å². The van der Waals surface area contributed by atoms with Gasteiger partial charge in [0.05, 0.1) is 4.61 Å². The smallest absolute Gasteiger partial charge is 0.0814 e. The van der Waals surface area contributed by atoms with E-state index in [-0.39, 0.29) is 0 Å². The number of allylic oxidation sites excluding steroid dienone is 3. The van der Waals surface area contributed by atoms with Crippen LogP contribution in [0.5, 0.6) is 0 Å². The predicted octanol–water partition coefficient (Wildman–Crippen LogP) is 10.4. The van der Waals surface area contributed by atoms with E-state index in [1.807, 2.05) is 0 Å². The molecule has 184 valence electrons. The molecule has 0 radical (unpaired) electrons. The largest absolute Gasteiger partial charge is 0.362 e. The van der Waals surface area contributed by atoms with Crippen LogP contribution >= 0.6 is 15.9 Å². The van der Waals surface area contributed by atoms with E-state index in [0.29, 0.717) is 0 Å². The van der Waals surface area contributed by atoms with Crippen LogP contribution in [0, 0.1) is 0 Å². The van der Waals surface area contributed by atoms with Crippen molar-refractivity contribution in [1.82, 2.24) is 4.90 Å². The van der Waals surface area contributed by atoms with Crippen LogP contribution in [0.1, 0.15) is 115 Å². The topological polar surface area (TPSA) is 3.24 Å². The minimum absolute atomic E-state index is 1.00. The zero-order valence-electron chi connectivity index (χ0n) is 21.2. The highest BCUT2D eigenvalue weighted by atomic mass is 79.9. The number of unbranched alkanes of at least 4 members (excludes halogenated alkanes) is 15. The van der Waals surface area contributed by atoms with Crippen LogP contribution in [0.4, 0.5) is 0 Å². The summed E-state index contributed by atoms with van der Waals surface area (Å²) >= 11 is 3.78. The van der Waals surface area contributed by atoms with E-state index in [1.165, 1.54) is 118 Å². The summed E-state index contributed by atoms with van der Waals surface area (Å²) < 4.78 is 1.22. The summed E-state index contributed by atoms with van der Waals surface area (Å²) in [6, 6.07) is 10.5. The molecule has 1 aromatic carbocycles. The van der Waals surface area contributed by atoms with Crippen molar-refractivity contribution in [3.05, 3.63) is 64.3 Å². The van der Waals surface area contributed by atoms with Gasteiger partial charge in [0.15, 0.2) is 0 Å². The molecule has 0 amide bonds. The summed E-state index contributed by atoms with van der Waals surface area (Å²) in [5, 5.41) is 0. The van der Waals surface area contributed by atoms with Crippen LogP contribution in [0.15, 0.2) is 58.7 Å². The van der Waals surface area contributed by atoms with Gasteiger partial charge < -0.3 is 4.90 Å². The van der Waals surface area contributed by atoms with E-state index in [2.05, 4.69) is 82.4 Å². The fourth-order valence-electron chi connectivity index (χ4n) is 4.51. The van der Waals surface area contributed by atoms with Crippen molar-refractivity contribution in [3.63, 3.8) is 0 Å². The van der Waals surface area contributed by atoms with E-state index in [9.17, 15) is 0 Å². The lowest BCUT2D eigenvalue weighted by Crippen LogP contribution is -2.24. The fraction of sp³-hybridized carbons (Fsp3) is 0.613. The Morgan fingerprint density at radius 3 is 1.73 bits per heavy atom. The highest BCUT2D eigenvalue weighted by molar-refractivity contribution is 9.11. The van der Waals surface area contributed by atoms with E-state index in [4.69, 9.17) is 0 Å². The fourth-order valence-corrected chi connectivity index (χ4v) is 5.10. The molecule has 1 heterocycles.